The Labute approximate surface area is 294 Å². The maximum Gasteiger partial charge on any atom is 0.405 e. The van der Waals surface area contributed by atoms with E-state index in [4.69, 9.17) is 14.9 Å². The molecule has 9 heteroatoms. The Bertz CT molecular complexity index is 1860. The lowest BCUT2D eigenvalue weighted by Crippen LogP contribution is -2.39. The lowest BCUT2D eigenvalue weighted by atomic mass is 9.76. The van der Waals surface area contributed by atoms with Crippen LogP contribution in [0.3, 0.4) is 0 Å². The summed E-state index contributed by atoms with van der Waals surface area (Å²) in [6.45, 7) is 3.55. The number of amides is 1. The summed E-state index contributed by atoms with van der Waals surface area (Å²) in [7, 11) is 0. The highest BCUT2D eigenvalue weighted by Gasteiger charge is 2.37. The summed E-state index contributed by atoms with van der Waals surface area (Å²) in [4.78, 5) is 26.8. The van der Waals surface area contributed by atoms with E-state index >= 15 is 0 Å². The zero-order valence-electron chi connectivity index (χ0n) is 28.7. The van der Waals surface area contributed by atoms with Crippen molar-refractivity contribution < 1.29 is 18.7 Å². The van der Waals surface area contributed by atoms with E-state index < -0.39 is 24.9 Å². The molecule has 2 atom stereocenters. The molecule has 8 nitrogen and oxygen atoms in total. The zero-order valence-corrected chi connectivity index (χ0v) is 29.6. The summed E-state index contributed by atoms with van der Waals surface area (Å²) >= 11 is 0. The van der Waals surface area contributed by atoms with Crippen LogP contribution in [0.15, 0.2) is 126 Å². The van der Waals surface area contributed by atoms with Crippen molar-refractivity contribution in [2.24, 2.45) is 17.1 Å². The van der Waals surface area contributed by atoms with E-state index in [2.05, 4.69) is 37.0 Å². The molecule has 0 aliphatic heterocycles. The van der Waals surface area contributed by atoms with Crippen LogP contribution in [0.5, 0.6) is 0 Å². The molecule has 1 amide bonds. The number of carbonyl (C=O) groups excluding carboxylic acids is 2. The topological polar surface area (TPSA) is 132 Å². The highest BCUT2D eigenvalue weighted by molar-refractivity contribution is 7.97. The molecule has 0 bridgehead atoms. The van der Waals surface area contributed by atoms with Crippen molar-refractivity contribution in [1.82, 2.24) is 10.2 Å². The van der Waals surface area contributed by atoms with Gasteiger partial charge in [-0.15, -0.1) is 10.2 Å². The first-order valence-corrected chi connectivity index (χ1v) is 18.6. The summed E-state index contributed by atoms with van der Waals surface area (Å²) in [5, 5.41) is 22.1. The van der Waals surface area contributed by atoms with E-state index in [1.807, 2.05) is 121 Å². The highest BCUT2D eigenvalue weighted by atomic mass is 31.2. The van der Waals surface area contributed by atoms with Gasteiger partial charge in [-0.1, -0.05) is 136 Å². The molecule has 0 aliphatic carbocycles. The van der Waals surface area contributed by atoms with Crippen molar-refractivity contribution >= 4 is 40.0 Å². The molecule has 0 spiro atoms. The Balaban J connectivity index is 1.44. The molecule has 0 unspecified atom stereocenters. The van der Waals surface area contributed by atoms with Gasteiger partial charge in [0.15, 0.2) is 6.10 Å². The van der Waals surface area contributed by atoms with Gasteiger partial charge in [-0.3, -0.25) is 4.79 Å². The summed E-state index contributed by atoms with van der Waals surface area (Å²) in [6.07, 6.45) is 0.688. The zero-order chi connectivity index (χ0) is 35.6. The molecule has 0 saturated heterocycles. The first-order chi connectivity index (χ1) is 24.1. The Morgan fingerprint density at radius 1 is 0.780 bits per heavy atom. The molecule has 0 fully saturated rings. The second-order valence-electron chi connectivity index (χ2n) is 13.3. The lowest BCUT2D eigenvalue weighted by Gasteiger charge is -2.31. The molecule has 0 aliphatic rings. The number of benzene rings is 4. The van der Waals surface area contributed by atoms with Crippen molar-refractivity contribution in [2.75, 3.05) is 0 Å². The van der Waals surface area contributed by atoms with Gasteiger partial charge in [-0.05, 0) is 65.5 Å². The SMILES string of the molecule is CC(C)(C)[C@H](CCCC[C@H](OC(N)=O)C(=O)C(C#N)=P(c1ccccc1)(c1ccccc1)c1ccccc1)Cc1nnc(-c2ccccc2)o1. The molecule has 4 aromatic carbocycles. The fourth-order valence-corrected chi connectivity index (χ4v) is 10.6. The van der Waals surface area contributed by atoms with Gasteiger partial charge in [0.2, 0.25) is 17.6 Å². The number of carbonyl (C=O) groups is 2. The predicted octanol–water partition coefficient (Wildman–Crippen LogP) is 7.22. The van der Waals surface area contributed by atoms with Crippen LogP contribution < -0.4 is 21.6 Å². The van der Waals surface area contributed by atoms with E-state index in [9.17, 15) is 14.9 Å². The Morgan fingerprint density at radius 3 is 1.72 bits per heavy atom. The number of nitrogens with zero attached hydrogens (tertiary/aromatic N) is 3. The van der Waals surface area contributed by atoms with Gasteiger partial charge in [-0.25, -0.2) is 4.79 Å². The average molecular weight is 687 g/mol. The van der Waals surface area contributed by atoms with Gasteiger partial charge in [0.05, 0.1) is 0 Å². The summed E-state index contributed by atoms with van der Waals surface area (Å²) in [5.41, 5.74) is 6.34. The molecule has 1 heterocycles. The fraction of sp³-hybridized carbons (Fsp3) is 0.268. The molecular weight excluding hydrogens is 643 g/mol. The van der Waals surface area contributed by atoms with Crippen LogP contribution in [0.1, 0.15) is 52.3 Å². The number of nitriles is 1. The number of ether oxygens (including phenoxy) is 1. The first-order valence-electron chi connectivity index (χ1n) is 16.9. The summed E-state index contributed by atoms with van der Waals surface area (Å²) < 4.78 is 11.5. The van der Waals surface area contributed by atoms with Gasteiger partial charge < -0.3 is 14.9 Å². The number of hydrogen-bond acceptors (Lipinski definition) is 7. The van der Waals surface area contributed by atoms with E-state index in [0.717, 1.165) is 34.3 Å². The average Bonchev–Trinajstić information content (AvgIpc) is 3.61. The normalized spacial score (nSPS) is 12.8. The number of unbranched alkanes of at least 4 members (excludes halogenated alkanes) is 1. The monoisotopic (exact) mass is 686 g/mol. The smallest absolute Gasteiger partial charge is 0.405 e. The summed E-state index contributed by atoms with van der Waals surface area (Å²) in [6, 6.07) is 41.0. The standard InChI is InChI=1S/C41H43N4O4P/c1-41(2,3)31(28-37-44-45-39(49-37)30-18-8-4-9-19-30)20-16-17-27-35(48-40(43)47)38(46)36(29-42)50(32-21-10-5-11-22-32,33-23-12-6-13-24-33)34-25-14-7-15-26-34/h4-15,18-19,21-26,31,35H,16-17,20,27-28H2,1-3H3,(H2,43,47)/t31-,35+/m1/s1. The van der Waals surface area contributed by atoms with Crippen molar-refractivity contribution in [3.8, 4) is 17.5 Å². The van der Waals surface area contributed by atoms with Crippen LogP contribution in [0.25, 0.3) is 11.5 Å². The van der Waals surface area contributed by atoms with Crippen LogP contribution in [0, 0.1) is 22.7 Å². The number of aromatic nitrogens is 2. The minimum Gasteiger partial charge on any atom is -0.438 e. The Morgan fingerprint density at radius 2 is 1.26 bits per heavy atom. The van der Waals surface area contributed by atoms with Crippen molar-refractivity contribution in [3.63, 3.8) is 0 Å². The number of hydrogen-bond donors (Lipinski definition) is 1. The molecule has 256 valence electrons. The van der Waals surface area contributed by atoms with E-state index in [1.54, 1.807) is 0 Å². The van der Waals surface area contributed by atoms with Crippen molar-refractivity contribution in [1.29, 1.82) is 5.26 Å². The quantitative estimate of drug-likeness (QED) is 0.0963. The third-order valence-corrected chi connectivity index (χ3v) is 13.3. The maximum absolute atomic E-state index is 14.6. The van der Waals surface area contributed by atoms with Crippen LogP contribution in [0.4, 0.5) is 4.79 Å². The number of nitrogens with two attached hydrogens (primary N) is 1. The third kappa shape index (κ3) is 8.30. The molecule has 5 aromatic rings. The van der Waals surface area contributed by atoms with E-state index in [-0.39, 0.29) is 23.0 Å². The third-order valence-electron chi connectivity index (χ3n) is 9.06. The van der Waals surface area contributed by atoms with Crippen LogP contribution in [0.2, 0.25) is 0 Å². The predicted molar refractivity (Wildman–Crippen MR) is 200 cm³/mol. The van der Waals surface area contributed by atoms with Crippen molar-refractivity contribution in [3.05, 3.63) is 127 Å². The molecule has 50 heavy (non-hydrogen) atoms. The maximum atomic E-state index is 14.6. The van der Waals surface area contributed by atoms with Crippen LogP contribution in [-0.4, -0.2) is 33.5 Å². The number of primary amides is 1. The molecule has 5 rings (SSSR count). The summed E-state index contributed by atoms with van der Waals surface area (Å²) in [5.74, 6) is 0.739. The van der Waals surface area contributed by atoms with Crippen molar-refractivity contribution in [2.45, 2.75) is 59.0 Å². The van der Waals surface area contributed by atoms with Gasteiger partial charge in [0.1, 0.15) is 11.4 Å². The van der Waals surface area contributed by atoms with Gasteiger partial charge >= 0.3 is 6.09 Å². The second kappa shape index (κ2) is 16.4. The Kier molecular flexibility index (Phi) is 11.8. The minimum absolute atomic E-state index is 0.0607. The first kappa shape index (κ1) is 36.0. The van der Waals surface area contributed by atoms with Crippen LogP contribution in [-0.2, 0) is 16.0 Å². The van der Waals surface area contributed by atoms with Gasteiger partial charge in [-0.2, -0.15) is 5.26 Å². The highest BCUT2D eigenvalue weighted by Crippen LogP contribution is 2.46. The van der Waals surface area contributed by atoms with Crippen LogP contribution >= 0.6 is 6.89 Å². The van der Waals surface area contributed by atoms with E-state index in [0.29, 0.717) is 24.6 Å². The Hall–Kier alpha value is -5.25. The number of rotatable bonds is 14. The largest absolute Gasteiger partial charge is 0.438 e. The molecule has 0 saturated carbocycles. The fourth-order valence-electron chi connectivity index (χ4n) is 6.43. The van der Waals surface area contributed by atoms with Gasteiger partial charge in [0.25, 0.3) is 0 Å². The minimum atomic E-state index is -3.00. The number of Topliss-reactive ketones (excluding diaryl/α,β-unsaturated/α-hetero) is 1. The van der Waals surface area contributed by atoms with E-state index in [1.165, 1.54) is 0 Å². The molecular formula is C41H43N4O4P. The molecule has 2 N–H and O–H groups in total. The molecule has 0 radical (unpaired) electrons. The van der Waals surface area contributed by atoms with Gasteiger partial charge in [0, 0.05) is 12.0 Å². The molecule has 1 aromatic heterocycles. The second-order valence-corrected chi connectivity index (χ2v) is 16.7. The lowest BCUT2D eigenvalue weighted by molar-refractivity contribution is -0.120. The number of ketones is 1.